The second-order valence-electron chi connectivity index (χ2n) is 9.01. The molecule has 1 aliphatic heterocycles. The van der Waals surface area contributed by atoms with Gasteiger partial charge < -0.3 is 4.90 Å². The van der Waals surface area contributed by atoms with Crippen LogP contribution in [0, 0.1) is 19.8 Å². The van der Waals surface area contributed by atoms with Crippen LogP contribution in [0.3, 0.4) is 0 Å². The Kier molecular flexibility index (Phi) is 6.69. The number of sulfonamides is 1. The van der Waals surface area contributed by atoms with Gasteiger partial charge in [0.25, 0.3) is 15.9 Å². The molecule has 168 valence electrons. The van der Waals surface area contributed by atoms with E-state index in [4.69, 9.17) is 0 Å². The van der Waals surface area contributed by atoms with Gasteiger partial charge in [-0.25, -0.2) is 14.7 Å². The summed E-state index contributed by atoms with van der Waals surface area (Å²) in [7, 11) is -4.09. The van der Waals surface area contributed by atoms with Gasteiger partial charge in [-0.3, -0.25) is 4.79 Å². The lowest BCUT2D eigenvalue weighted by Crippen LogP contribution is -2.41. The number of nitrogens with zero attached hydrogens (tertiary/aromatic N) is 3. The van der Waals surface area contributed by atoms with Gasteiger partial charge in [0.1, 0.15) is 5.82 Å². The second kappa shape index (κ2) is 8.94. The Hall–Kier alpha value is -2.48. The Morgan fingerprint density at radius 1 is 1.16 bits per heavy atom. The van der Waals surface area contributed by atoms with Crippen LogP contribution in [0.1, 0.15) is 68.2 Å². The Bertz CT molecular complexity index is 1070. The van der Waals surface area contributed by atoms with Gasteiger partial charge >= 0.3 is 0 Å². The van der Waals surface area contributed by atoms with Gasteiger partial charge in [0.2, 0.25) is 0 Å². The fourth-order valence-electron chi connectivity index (χ4n) is 4.27. The van der Waals surface area contributed by atoms with Crippen LogP contribution in [-0.4, -0.2) is 36.4 Å². The third-order valence-electron chi connectivity index (χ3n) is 5.81. The zero-order valence-electron chi connectivity index (χ0n) is 19.0. The first kappa shape index (κ1) is 23.2. The molecule has 1 atom stereocenters. The highest BCUT2D eigenvalue weighted by Crippen LogP contribution is 2.39. The highest BCUT2D eigenvalue weighted by molar-refractivity contribution is 7.90. The van der Waals surface area contributed by atoms with Crippen molar-refractivity contribution in [2.24, 2.45) is 5.92 Å². The Morgan fingerprint density at radius 2 is 1.87 bits per heavy atom. The van der Waals surface area contributed by atoms with E-state index in [0.717, 1.165) is 31.5 Å². The summed E-state index contributed by atoms with van der Waals surface area (Å²) < 4.78 is 27.7. The number of carbonyl (C=O) groups excluding carboxylic acids is 1. The predicted molar refractivity (Wildman–Crippen MR) is 122 cm³/mol. The average Bonchev–Trinajstić information content (AvgIpc) is 3.00. The van der Waals surface area contributed by atoms with Gasteiger partial charge in [0.15, 0.2) is 5.03 Å². The summed E-state index contributed by atoms with van der Waals surface area (Å²) in [6.07, 6.45) is 4.47. The normalized spacial score (nSPS) is 18.2. The van der Waals surface area contributed by atoms with Gasteiger partial charge in [-0.2, -0.15) is 8.42 Å². The largest absolute Gasteiger partial charge is 0.351 e. The fraction of sp³-hybridized carbons (Fsp3) is 0.522. The molecule has 0 aromatic carbocycles. The average molecular weight is 445 g/mol. The first-order valence-electron chi connectivity index (χ1n) is 10.8. The highest BCUT2D eigenvalue weighted by Gasteiger charge is 2.40. The van der Waals surface area contributed by atoms with Crippen LogP contribution < -0.4 is 9.62 Å². The van der Waals surface area contributed by atoms with Gasteiger partial charge in [0, 0.05) is 23.5 Å². The van der Waals surface area contributed by atoms with Crippen molar-refractivity contribution in [2.45, 2.75) is 70.9 Å². The number of unbranched alkanes of at least 4 members (excludes halogenated alkanes) is 1. The molecule has 2 aromatic heterocycles. The first-order valence-corrected chi connectivity index (χ1v) is 12.3. The molecule has 3 heterocycles. The van der Waals surface area contributed by atoms with E-state index in [1.165, 1.54) is 12.5 Å². The zero-order chi connectivity index (χ0) is 22.8. The molecule has 2 aromatic rings. The fourth-order valence-corrected chi connectivity index (χ4v) is 5.25. The molecular formula is C23H32N4O3S. The smallest absolute Gasteiger partial charge is 0.281 e. The molecule has 3 rings (SSSR count). The molecule has 1 aliphatic rings. The number of amides is 1. The summed E-state index contributed by atoms with van der Waals surface area (Å²) in [6.45, 7) is 10.9. The minimum absolute atomic E-state index is 0.175. The number of rotatable bonds is 7. The number of carbonyl (C=O) groups is 1. The lowest BCUT2D eigenvalue weighted by molar-refractivity contribution is 0.0981. The Labute approximate surface area is 185 Å². The third-order valence-corrected chi connectivity index (χ3v) is 7.04. The van der Waals surface area contributed by atoms with Crippen molar-refractivity contribution in [3.05, 3.63) is 47.3 Å². The number of aromatic nitrogens is 2. The number of anilines is 1. The van der Waals surface area contributed by atoms with Crippen molar-refractivity contribution < 1.29 is 13.2 Å². The summed E-state index contributed by atoms with van der Waals surface area (Å²) in [6, 6.07) is 8.06. The molecule has 1 amide bonds. The third kappa shape index (κ3) is 5.23. The van der Waals surface area contributed by atoms with Crippen LogP contribution in [0.15, 0.2) is 35.4 Å². The van der Waals surface area contributed by atoms with Crippen molar-refractivity contribution in [1.82, 2.24) is 14.7 Å². The standard InChI is InChI=1S/C23H32N4O3S/c1-6-7-10-18-14-23(4,5)27(15-18)21-19(13-12-17(3)25-21)22(28)26-31(29,30)20-11-8-9-16(2)24-20/h8-9,11-13,18H,6-7,10,14-15H2,1-5H3,(H,26,28)/t18-/m0/s1. The Balaban J connectivity index is 1.92. The van der Waals surface area contributed by atoms with Crippen molar-refractivity contribution in [2.75, 3.05) is 11.4 Å². The Morgan fingerprint density at radius 3 is 2.55 bits per heavy atom. The summed E-state index contributed by atoms with van der Waals surface area (Å²) in [4.78, 5) is 23.9. The molecule has 31 heavy (non-hydrogen) atoms. The van der Waals surface area contributed by atoms with Crippen LogP contribution in [0.2, 0.25) is 0 Å². The minimum atomic E-state index is -4.09. The molecule has 0 unspecified atom stereocenters. The van der Waals surface area contributed by atoms with Gasteiger partial charge in [0.05, 0.1) is 5.56 Å². The van der Waals surface area contributed by atoms with E-state index in [0.29, 0.717) is 17.4 Å². The van der Waals surface area contributed by atoms with Crippen LogP contribution in [0.4, 0.5) is 5.82 Å². The summed E-state index contributed by atoms with van der Waals surface area (Å²) in [5.41, 5.74) is 1.42. The molecule has 0 saturated carbocycles. The molecule has 7 nitrogen and oxygen atoms in total. The number of hydrogen-bond donors (Lipinski definition) is 1. The van der Waals surface area contributed by atoms with Gasteiger partial charge in [-0.15, -0.1) is 0 Å². The maximum atomic E-state index is 13.1. The quantitative estimate of drug-likeness (QED) is 0.694. The monoisotopic (exact) mass is 444 g/mol. The number of pyridine rings is 2. The topological polar surface area (TPSA) is 92.3 Å². The van der Waals surface area contributed by atoms with Crippen molar-refractivity contribution >= 4 is 21.7 Å². The number of aryl methyl sites for hydroxylation is 2. The van der Waals surface area contributed by atoms with Crippen molar-refractivity contribution in [1.29, 1.82) is 0 Å². The van der Waals surface area contributed by atoms with Crippen LogP contribution in [0.25, 0.3) is 0 Å². The second-order valence-corrected chi connectivity index (χ2v) is 10.6. The summed E-state index contributed by atoms with van der Waals surface area (Å²) in [5.74, 6) is 0.362. The van der Waals surface area contributed by atoms with Crippen LogP contribution >= 0.6 is 0 Å². The highest BCUT2D eigenvalue weighted by atomic mass is 32.2. The van der Waals surface area contributed by atoms with E-state index >= 15 is 0 Å². The van der Waals surface area contributed by atoms with E-state index in [1.807, 2.05) is 6.92 Å². The predicted octanol–water partition coefficient (Wildman–Crippen LogP) is 4.01. The molecule has 0 bridgehead atoms. The van der Waals surface area contributed by atoms with E-state index in [9.17, 15) is 13.2 Å². The van der Waals surface area contributed by atoms with Crippen molar-refractivity contribution in [3.8, 4) is 0 Å². The van der Waals surface area contributed by atoms with Gasteiger partial charge in [-0.05, 0) is 70.7 Å². The molecular weight excluding hydrogens is 412 g/mol. The maximum Gasteiger partial charge on any atom is 0.281 e. The van der Waals surface area contributed by atoms with Crippen molar-refractivity contribution in [3.63, 3.8) is 0 Å². The molecule has 8 heteroatoms. The summed E-state index contributed by atoms with van der Waals surface area (Å²) in [5, 5.41) is -0.177. The van der Waals surface area contributed by atoms with E-state index < -0.39 is 15.9 Å². The lowest BCUT2D eigenvalue weighted by atomic mass is 9.93. The molecule has 1 saturated heterocycles. The van der Waals surface area contributed by atoms with E-state index in [2.05, 4.69) is 40.4 Å². The summed E-state index contributed by atoms with van der Waals surface area (Å²) >= 11 is 0. The van der Waals surface area contributed by atoms with Gasteiger partial charge in [-0.1, -0.05) is 25.8 Å². The molecule has 0 spiro atoms. The lowest BCUT2D eigenvalue weighted by Gasteiger charge is -2.33. The SMILES string of the molecule is CCCC[C@@H]1CN(c2nc(C)ccc2C(=O)NS(=O)(=O)c2cccc(C)n2)C(C)(C)C1. The van der Waals surface area contributed by atoms with Crippen LogP contribution in [-0.2, 0) is 10.0 Å². The minimum Gasteiger partial charge on any atom is -0.351 e. The molecule has 1 N–H and O–H groups in total. The number of hydrogen-bond acceptors (Lipinski definition) is 6. The van der Waals surface area contributed by atoms with E-state index in [1.54, 1.807) is 31.2 Å². The number of nitrogens with one attached hydrogen (secondary N) is 1. The molecule has 0 aliphatic carbocycles. The molecule has 1 fully saturated rings. The zero-order valence-corrected chi connectivity index (χ0v) is 19.8. The van der Waals surface area contributed by atoms with Crippen LogP contribution in [0.5, 0.6) is 0 Å². The maximum absolute atomic E-state index is 13.1. The molecule has 0 radical (unpaired) electrons. The van der Waals surface area contributed by atoms with E-state index in [-0.39, 0.29) is 16.1 Å². The first-order chi connectivity index (χ1) is 14.5.